The fourth-order valence-electron chi connectivity index (χ4n) is 1.14. The van der Waals surface area contributed by atoms with Gasteiger partial charge in [0.2, 0.25) is 0 Å². The Bertz CT molecular complexity index is 325. The van der Waals surface area contributed by atoms with Crippen molar-refractivity contribution in [3.8, 4) is 5.75 Å². The summed E-state index contributed by atoms with van der Waals surface area (Å²) in [5.41, 5.74) is 0.564. The molecular formula is C11H15NO3. The molecule has 0 N–H and O–H groups in total. The molecule has 4 heteroatoms. The first kappa shape index (κ1) is 11.7. The van der Waals surface area contributed by atoms with Gasteiger partial charge in [0.15, 0.2) is 5.78 Å². The van der Waals surface area contributed by atoms with Crippen LogP contribution >= 0.6 is 0 Å². The summed E-state index contributed by atoms with van der Waals surface area (Å²) in [6.45, 7) is 2.98. The van der Waals surface area contributed by atoms with Gasteiger partial charge in [0, 0.05) is 24.8 Å². The predicted molar refractivity (Wildman–Crippen MR) is 56.2 cm³/mol. The molecule has 1 aromatic rings. The van der Waals surface area contributed by atoms with Crippen molar-refractivity contribution in [2.24, 2.45) is 0 Å². The second-order valence-corrected chi connectivity index (χ2v) is 2.98. The van der Waals surface area contributed by atoms with E-state index in [9.17, 15) is 4.79 Å². The second-order valence-electron chi connectivity index (χ2n) is 2.98. The number of ketones is 1. The number of nitrogens with zero attached hydrogens (tertiary/aromatic N) is 1. The highest BCUT2D eigenvalue weighted by Gasteiger charge is 2.06. The Labute approximate surface area is 89.2 Å². The molecule has 0 bridgehead atoms. The second kappa shape index (κ2) is 6.14. The molecule has 0 spiro atoms. The normalized spacial score (nSPS) is 10.0. The SMILES string of the molecule is CCOCCC(=O)c1cncc(OC)c1. The van der Waals surface area contributed by atoms with Gasteiger partial charge < -0.3 is 9.47 Å². The van der Waals surface area contributed by atoms with Gasteiger partial charge in [-0.2, -0.15) is 0 Å². The quantitative estimate of drug-likeness (QED) is 0.528. The van der Waals surface area contributed by atoms with Crippen LogP contribution in [0.15, 0.2) is 18.5 Å². The molecule has 0 unspecified atom stereocenters. The number of Topliss-reactive ketones (excluding diaryl/α,β-unsaturated/α-hetero) is 1. The van der Waals surface area contributed by atoms with Crippen molar-refractivity contribution in [1.82, 2.24) is 4.98 Å². The Morgan fingerprint density at radius 1 is 1.47 bits per heavy atom. The van der Waals surface area contributed by atoms with Gasteiger partial charge in [0.05, 0.1) is 19.9 Å². The van der Waals surface area contributed by atoms with Crippen molar-refractivity contribution in [1.29, 1.82) is 0 Å². The summed E-state index contributed by atoms with van der Waals surface area (Å²) in [5.74, 6) is 0.618. The summed E-state index contributed by atoms with van der Waals surface area (Å²) >= 11 is 0. The maximum Gasteiger partial charge on any atom is 0.166 e. The van der Waals surface area contributed by atoms with E-state index >= 15 is 0 Å². The molecule has 1 rings (SSSR count). The van der Waals surface area contributed by atoms with Crippen molar-refractivity contribution >= 4 is 5.78 Å². The topological polar surface area (TPSA) is 48.4 Å². The lowest BCUT2D eigenvalue weighted by Gasteiger charge is -2.03. The first-order valence-electron chi connectivity index (χ1n) is 4.88. The fourth-order valence-corrected chi connectivity index (χ4v) is 1.14. The third-order valence-electron chi connectivity index (χ3n) is 1.95. The van der Waals surface area contributed by atoms with Crippen molar-refractivity contribution in [3.63, 3.8) is 0 Å². The number of rotatable bonds is 6. The van der Waals surface area contributed by atoms with E-state index in [1.54, 1.807) is 19.4 Å². The fraction of sp³-hybridized carbons (Fsp3) is 0.455. The van der Waals surface area contributed by atoms with E-state index in [1.165, 1.54) is 6.20 Å². The standard InChI is InChI=1S/C11H15NO3/c1-3-15-5-4-11(13)9-6-10(14-2)8-12-7-9/h6-8H,3-5H2,1-2H3. The molecule has 0 fully saturated rings. The highest BCUT2D eigenvalue weighted by Crippen LogP contribution is 2.11. The van der Waals surface area contributed by atoms with Gasteiger partial charge >= 0.3 is 0 Å². The molecule has 1 heterocycles. The number of hydrogen-bond acceptors (Lipinski definition) is 4. The molecule has 0 atom stereocenters. The van der Waals surface area contributed by atoms with Crippen molar-refractivity contribution in [3.05, 3.63) is 24.0 Å². The zero-order valence-electron chi connectivity index (χ0n) is 9.03. The average molecular weight is 209 g/mol. The molecule has 0 aliphatic carbocycles. The number of carbonyl (C=O) groups excluding carboxylic acids is 1. The van der Waals surface area contributed by atoms with Crippen LogP contribution in [-0.2, 0) is 4.74 Å². The van der Waals surface area contributed by atoms with Gasteiger partial charge in [-0.05, 0) is 13.0 Å². The van der Waals surface area contributed by atoms with E-state index in [-0.39, 0.29) is 5.78 Å². The van der Waals surface area contributed by atoms with Crippen LogP contribution in [0.1, 0.15) is 23.7 Å². The Kier molecular flexibility index (Phi) is 4.77. The minimum atomic E-state index is 0.0230. The summed E-state index contributed by atoms with van der Waals surface area (Å²) in [7, 11) is 1.55. The molecule has 4 nitrogen and oxygen atoms in total. The first-order chi connectivity index (χ1) is 7.27. The van der Waals surface area contributed by atoms with Crippen molar-refractivity contribution < 1.29 is 14.3 Å². The van der Waals surface area contributed by atoms with E-state index in [2.05, 4.69) is 4.98 Å². The van der Waals surface area contributed by atoms with Crippen LogP contribution < -0.4 is 4.74 Å². The number of pyridine rings is 1. The molecular weight excluding hydrogens is 194 g/mol. The molecule has 0 aromatic carbocycles. The summed E-state index contributed by atoms with van der Waals surface area (Å²) in [6, 6.07) is 1.68. The molecule has 15 heavy (non-hydrogen) atoms. The maximum absolute atomic E-state index is 11.6. The summed E-state index contributed by atoms with van der Waals surface area (Å²) in [6.07, 6.45) is 3.48. The Balaban J connectivity index is 2.57. The molecule has 0 aliphatic rings. The molecule has 0 saturated carbocycles. The van der Waals surface area contributed by atoms with E-state index in [0.717, 1.165) is 0 Å². The van der Waals surface area contributed by atoms with E-state index in [4.69, 9.17) is 9.47 Å². The monoisotopic (exact) mass is 209 g/mol. The lowest BCUT2D eigenvalue weighted by molar-refractivity contribution is 0.0895. The minimum absolute atomic E-state index is 0.0230. The summed E-state index contributed by atoms with van der Waals surface area (Å²) in [5, 5.41) is 0. The van der Waals surface area contributed by atoms with Gasteiger partial charge in [-0.3, -0.25) is 9.78 Å². The van der Waals surface area contributed by atoms with Gasteiger partial charge in [-0.15, -0.1) is 0 Å². The van der Waals surface area contributed by atoms with Crippen LogP contribution in [0, 0.1) is 0 Å². The predicted octanol–water partition coefficient (Wildman–Crippen LogP) is 1.70. The van der Waals surface area contributed by atoms with Crippen LogP contribution in [0.4, 0.5) is 0 Å². The summed E-state index contributed by atoms with van der Waals surface area (Å²) < 4.78 is 10.1. The Morgan fingerprint density at radius 3 is 2.93 bits per heavy atom. The van der Waals surface area contributed by atoms with E-state index in [0.29, 0.717) is 30.9 Å². The van der Waals surface area contributed by atoms with Crippen LogP contribution in [0.3, 0.4) is 0 Å². The molecule has 0 amide bonds. The van der Waals surface area contributed by atoms with Crippen LogP contribution in [0.2, 0.25) is 0 Å². The number of ether oxygens (including phenoxy) is 2. The number of methoxy groups -OCH3 is 1. The van der Waals surface area contributed by atoms with Crippen LogP contribution in [-0.4, -0.2) is 31.1 Å². The number of carbonyl (C=O) groups is 1. The third-order valence-corrected chi connectivity index (χ3v) is 1.95. The minimum Gasteiger partial charge on any atom is -0.495 e. The smallest absolute Gasteiger partial charge is 0.166 e. The molecule has 1 aromatic heterocycles. The number of hydrogen-bond donors (Lipinski definition) is 0. The highest BCUT2D eigenvalue weighted by atomic mass is 16.5. The van der Waals surface area contributed by atoms with Crippen LogP contribution in [0.5, 0.6) is 5.75 Å². The first-order valence-corrected chi connectivity index (χ1v) is 4.88. The molecule has 0 saturated heterocycles. The van der Waals surface area contributed by atoms with Crippen LogP contribution in [0.25, 0.3) is 0 Å². The molecule has 82 valence electrons. The maximum atomic E-state index is 11.6. The highest BCUT2D eigenvalue weighted by molar-refractivity contribution is 5.96. The Morgan fingerprint density at radius 2 is 2.27 bits per heavy atom. The zero-order chi connectivity index (χ0) is 11.1. The van der Waals surface area contributed by atoms with Gasteiger partial charge in [0.25, 0.3) is 0 Å². The van der Waals surface area contributed by atoms with E-state index < -0.39 is 0 Å². The average Bonchev–Trinajstić information content (AvgIpc) is 2.29. The summed E-state index contributed by atoms with van der Waals surface area (Å²) in [4.78, 5) is 15.5. The third kappa shape index (κ3) is 3.67. The lowest BCUT2D eigenvalue weighted by atomic mass is 10.1. The van der Waals surface area contributed by atoms with Gasteiger partial charge in [0.1, 0.15) is 5.75 Å². The van der Waals surface area contributed by atoms with Crippen molar-refractivity contribution in [2.75, 3.05) is 20.3 Å². The van der Waals surface area contributed by atoms with E-state index in [1.807, 2.05) is 6.92 Å². The largest absolute Gasteiger partial charge is 0.495 e. The zero-order valence-corrected chi connectivity index (χ0v) is 9.03. The molecule has 0 aliphatic heterocycles. The number of aromatic nitrogens is 1. The molecule has 0 radical (unpaired) electrons. The van der Waals surface area contributed by atoms with Crippen molar-refractivity contribution in [2.45, 2.75) is 13.3 Å². The van der Waals surface area contributed by atoms with Gasteiger partial charge in [-0.1, -0.05) is 0 Å². The lowest BCUT2D eigenvalue weighted by Crippen LogP contribution is -2.05. The van der Waals surface area contributed by atoms with Gasteiger partial charge in [-0.25, -0.2) is 0 Å². The Hall–Kier alpha value is -1.42.